The van der Waals surface area contributed by atoms with Crippen LogP contribution in [0, 0.1) is 65.1 Å². The lowest BCUT2D eigenvalue weighted by molar-refractivity contribution is -0.834. The van der Waals surface area contributed by atoms with Crippen molar-refractivity contribution in [3.63, 3.8) is 0 Å². The van der Waals surface area contributed by atoms with Crippen molar-refractivity contribution in [1.29, 1.82) is 0 Å². The topological polar surface area (TPSA) is 4.44 Å². The largest absolute Gasteiger partial charge is 0.302 e. The van der Waals surface area contributed by atoms with Gasteiger partial charge in [-0.15, -0.1) is 0 Å². The van der Waals surface area contributed by atoms with Crippen LogP contribution in [0.1, 0.15) is 19.4 Å². The summed E-state index contributed by atoms with van der Waals surface area (Å²) >= 11 is 0. The Hall–Kier alpha value is -5.62. The zero-order valence-corrected chi connectivity index (χ0v) is 29.7. The van der Waals surface area contributed by atoms with Gasteiger partial charge in [-0.1, -0.05) is 96.6 Å². The molecule has 1 unspecified atom stereocenters. The van der Waals surface area contributed by atoms with Gasteiger partial charge in [-0.25, -0.2) is 49.4 Å². The lowest BCUT2D eigenvalue weighted by atomic mass is 9.35. The van der Waals surface area contributed by atoms with E-state index in [1.54, 1.807) is 60.7 Å². The number of hydrogen-bond acceptors (Lipinski definition) is 0. The van der Waals surface area contributed by atoms with Gasteiger partial charge in [-0.3, -0.25) is 0 Å². The minimum Gasteiger partial charge on any atom is -0.302 e. The maximum atomic E-state index is 15.8. The lowest BCUT2D eigenvalue weighted by Gasteiger charge is -2.36. The van der Waals surface area contributed by atoms with Crippen LogP contribution in [0.15, 0.2) is 103 Å². The van der Waals surface area contributed by atoms with Gasteiger partial charge in [0.1, 0.15) is 29.0 Å². The van der Waals surface area contributed by atoms with E-state index in [1.807, 2.05) is 39.1 Å². The van der Waals surface area contributed by atoms with E-state index >= 15 is 17.6 Å². The van der Waals surface area contributed by atoms with Crippen molar-refractivity contribution in [2.24, 2.45) is 0 Å². The van der Waals surface area contributed by atoms with Gasteiger partial charge in [-0.05, 0) is 60.7 Å². The number of benzene rings is 7. The number of hydrogen-bond donors (Lipinski definition) is 1. The predicted molar refractivity (Wildman–Crippen MR) is 197 cm³/mol. The summed E-state index contributed by atoms with van der Waals surface area (Å²) in [5.41, 5.74) is -1.80. The first kappa shape index (κ1) is 39.1. The van der Waals surface area contributed by atoms with E-state index in [0.29, 0.717) is 32.8 Å². The van der Waals surface area contributed by atoms with Crippen LogP contribution < -0.4 is 21.3 Å². The molecule has 0 amide bonds. The lowest BCUT2D eigenvalue weighted by Crippen LogP contribution is -3.07. The maximum Gasteiger partial charge on any atom is 0.200 e. The van der Waals surface area contributed by atoms with Gasteiger partial charge in [0.2, 0.25) is 0 Å². The minimum absolute atomic E-state index is 0.0257. The Morgan fingerprint density at radius 1 is 0.436 bits per heavy atom. The number of halogens is 10. The Balaban J connectivity index is 0.000000661. The van der Waals surface area contributed by atoms with Gasteiger partial charge in [0.25, 0.3) is 0 Å². The molecule has 0 saturated heterocycles. The van der Waals surface area contributed by atoms with Crippen molar-refractivity contribution in [3.05, 3.63) is 167 Å². The number of quaternary nitrogens is 1. The molecule has 1 N–H and O–H groups in total. The smallest absolute Gasteiger partial charge is 0.200 e. The zero-order valence-electron chi connectivity index (χ0n) is 29.7. The second-order valence-corrected chi connectivity index (χ2v) is 13.4. The molecular formula is C43H31BF10N. The van der Waals surface area contributed by atoms with Gasteiger partial charge in [0.05, 0.1) is 13.1 Å². The zero-order chi connectivity index (χ0) is 39.9. The summed E-state index contributed by atoms with van der Waals surface area (Å²) in [6, 6.07) is 29.6. The van der Waals surface area contributed by atoms with Gasteiger partial charge < -0.3 is 4.90 Å². The Labute approximate surface area is 310 Å². The van der Waals surface area contributed by atoms with Crippen molar-refractivity contribution in [3.8, 4) is 11.1 Å². The van der Waals surface area contributed by atoms with Gasteiger partial charge in [0.15, 0.2) is 34.9 Å². The number of rotatable bonds is 6. The third kappa shape index (κ3) is 6.95. The van der Waals surface area contributed by atoms with Crippen LogP contribution in [0.2, 0.25) is 0 Å². The van der Waals surface area contributed by atoms with Crippen LogP contribution in [-0.2, 0) is 0 Å². The first-order valence-electron chi connectivity index (χ1n) is 17.1. The Morgan fingerprint density at radius 3 is 1.24 bits per heavy atom. The summed E-state index contributed by atoms with van der Waals surface area (Å²) in [6.45, 7) is 3.14. The van der Waals surface area contributed by atoms with Gasteiger partial charge >= 0.3 is 0 Å². The van der Waals surface area contributed by atoms with Crippen LogP contribution in [-0.4, -0.2) is 19.8 Å². The van der Waals surface area contributed by atoms with Crippen molar-refractivity contribution >= 4 is 50.3 Å². The van der Waals surface area contributed by atoms with Crippen LogP contribution in [0.25, 0.3) is 32.7 Å². The predicted octanol–water partition coefficient (Wildman–Crippen LogP) is 9.12. The fourth-order valence-electron chi connectivity index (χ4n) is 6.73. The number of nitrogens with one attached hydrogen (secondary N) is 1. The molecule has 7 aromatic rings. The molecule has 0 fully saturated rings. The SMILES string of the molecule is CC(C)[NH+](C)c1ccc2ccccc2c1-c1c([B-](c2c(F)c(F)c(F)c(F)c2F)c2c(F)c(F)c(F)c(F)c2F)ccc2ccccc12.Cc1ccccc1. The summed E-state index contributed by atoms with van der Waals surface area (Å²) in [5, 5.41) is 1.98. The quantitative estimate of drug-likeness (QED) is 0.0747. The highest BCUT2D eigenvalue weighted by Gasteiger charge is 2.33. The summed E-state index contributed by atoms with van der Waals surface area (Å²) in [6.07, 6.45) is 0. The van der Waals surface area contributed by atoms with E-state index in [4.69, 9.17) is 0 Å². The summed E-state index contributed by atoms with van der Waals surface area (Å²) < 4.78 is 151. The van der Waals surface area contributed by atoms with Crippen LogP contribution in [0.4, 0.5) is 49.6 Å². The van der Waals surface area contributed by atoms with Gasteiger partial charge in [0, 0.05) is 11.6 Å². The molecule has 0 aliphatic carbocycles. The molecule has 0 saturated carbocycles. The molecule has 0 aliphatic rings. The fourth-order valence-corrected chi connectivity index (χ4v) is 6.73. The maximum absolute atomic E-state index is 15.8. The second-order valence-electron chi connectivity index (χ2n) is 13.4. The van der Waals surface area contributed by atoms with Crippen molar-refractivity contribution < 1.29 is 48.8 Å². The van der Waals surface area contributed by atoms with Crippen molar-refractivity contribution in [2.45, 2.75) is 26.8 Å². The normalized spacial score (nSPS) is 12.1. The van der Waals surface area contributed by atoms with Crippen LogP contribution >= 0.6 is 0 Å². The Kier molecular flexibility index (Phi) is 11.1. The van der Waals surface area contributed by atoms with Crippen molar-refractivity contribution in [1.82, 2.24) is 0 Å². The third-order valence-electron chi connectivity index (χ3n) is 9.75. The highest BCUT2D eigenvalue weighted by molar-refractivity contribution is 6.96. The molecule has 281 valence electrons. The molecule has 0 aliphatic heterocycles. The third-order valence-corrected chi connectivity index (χ3v) is 9.75. The molecule has 12 heteroatoms. The molecule has 0 spiro atoms. The van der Waals surface area contributed by atoms with Crippen LogP contribution in [0.5, 0.6) is 0 Å². The average molecular weight is 763 g/mol. The highest BCUT2D eigenvalue weighted by atomic mass is 19.2. The molecule has 7 aromatic carbocycles. The van der Waals surface area contributed by atoms with E-state index in [0.717, 1.165) is 11.0 Å². The molecule has 0 aromatic heterocycles. The number of aryl methyl sites for hydroxylation is 1. The standard InChI is InChI=1S/C36H22BF10N.C7H8/c1-16(2)48(3)22-15-13-18-9-5-7-11-20(18)24(22)23-19-10-6-4-8-17(19)12-14-21(23)37(25-27(38)31(42)35(46)32(43)28(25)39)26-29(40)33(44)36(47)34(45)30(26)41;1-7-5-3-2-4-6-7/h4-16H,1-3H3;2-6H,1H3/q-1;/p+1. The molecule has 1 atom stereocenters. The van der Waals surface area contributed by atoms with E-state index in [2.05, 4.69) is 19.1 Å². The monoisotopic (exact) mass is 762 g/mol. The Morgan fingerprint density at radius 2 is 0.818 bits per heavy atom. The molecule has 55 heavy (non-hydrogen) atoms. The fraction of sp³-hybridized carbons (Fsp3) is 0.116. The molecule has 7 rings (SSSR count). The van der Waals surface area contributed by atoms with E-state index < -0.39 is 81.3 Å². The first-order valence-corrected chi connectivity index (χ1v) is 17.1. The summed E-state index contributed by atoms with van der Waals surface area (Å²) in [5.74, 6) is -25.0. The van der Waals surface area contributed by atoms with Crippen molar-refractivity contribution in [2.75, 3.05) is 7.05 Å². The number of fused-ring (bicyclic) bond motifs is 2. The highest BCUT2D eigenvalue weighted by Crippen LogP contribution is 2.38. The Bertz CT molecular complexity index is 2450. The minimum atomic E-state index is -2.73. The van der Waals surface area contributed by atoms with E-state index in [-0.39, 0.29) is 11.6 Å². The van der Waals surface area contributed by atoms with Gasteiger partial charge in [-0.2, -0.15) is 10.9 Å². The second kappa shape index (κ2) is 15.6. The molecule has 1 nitrogen and oxygen atoms in total. The molecule has 0 bridgehead atoms. The van der Waals surface area contributed by atoms with Crippen LogP contribution in [0.3, 0.4) is 0 Å². The summed E-state index contributed by atoms with van der Waals surface area (Å²) in [7, 11) is 1.81. The average Bonchev–Trinajstić information content (AvgIpc) is 3.19. The van der Waals surface area contributed by atoms with E-state index in [9.17, 15) is 26.3 Å². The van der Waals surface area contributed by atoms with E-state index in [1.165, 1.54) is 11.6 Å². The first-order chi connectivity index (χ1) is 26.2. The molecular weight excluding hydrogens is 731 g/mol. The summed E-state index contributed by atoms with van der Waals surface area (Å²) in [4.78, 5) is 0.790. The molecule has 0 heterocycles. The molecule has 1 radical (unpaired) electrons.